The Labute approximate surface area is 243 Å². The summed E-state index contributed by atoms with van der Waals surface area (Å²) in [7, 11) is -2.71. The maximum Gasteiger partial charge on any atom is 0.229 e. The van der Waals surface area contributed by atoms with Crippen molar-refractivity contribution in [1.82, 2.24) is 14.9 Å². The van der Waals surface area contributed by atoms with Gasteiger partial charge in [0.05, 0.1) is 17.5 Å². The molecule has 214 valence electrons. The Morgan fingerprint density at radius 1 is 1.05 bits per heavy atom. The summed E-state index contributed by atoms with van der Waals surface area (Å²) in [5, 5.41) is 18.3. The molecule has 1 saturated heterocycles. The Hall–Kier alpha value is -2.44. The molecule has 2 aromatic carbocycles. The van der Waals surface area contributed by atoms with Gasteiger partial charge in [-0.25, -0.2) is 4.98 Å². The average Bonchev–Trinajstić information content (AvgIpc) is 3.32. The second-order valence-electron chi connectivity index (χ2n) is 12.1. The fourth-order valence-electron chi connectivity index (χ4n) is 6.37. The van der Waals surface area contributed by atoms with Gasteiger partial charge in [0, 0.05) is 17.0 Å². The van der Waals surface area contributed by atoms with Crippen molar-refractivity contribution < 1.29 is 9.67 Å². The largest absolute Gasteiger partial charge is 0.386 e. The van der Waals surface area contributed by atoms with E-state index < -0.39 is 12.7 Å². The molecule has 1 aromatic heterocycles. The van der Waals surface area contributed by atoms with Crippen LogP contribution in [0.3, 0.4) is 0 Å². The van der Waals surface area contributed by atoms with E-state index in [-0.39, 0.29) is 0 Å². The summed E-state index contributed by atoms with van der Waals surface area (Å²) < 4.78 is 13.4. The van der Waals surface area contributed by atoms with Gasteiger partial charge in [-0.1, -0.05) is 23.7 Å². The number of nitrogens with one attached hydrogen (secondary N) is 2. The van der Waals surface area contributed by atoms with Crippen molar-refractivity contribution in [1.29, 1.82) is 0 Å². The minimum absolute atomic E-state index is 0.359. The van der Waals surface area contributed by atoms with Crippen LogP contribution in [0.4, 0.5) is 23.1 Å². The van der Waals surface area contributed by atoms with Crippen LogP contribution in [0.5, 0.6) is 0 Å². The molecule has 1 aliphatic carbocycles. The van der Waals surface area contributed by atoms with Crippen LogP contribution >= 0.6 is 18.7 Å². The molecule has 3 aromatic rings. The number of likely N-dealkylation sites (tertiary alicyclic amines) is 1. The van der Waals surface area contributed by atoms with Crippen molar-refractivity contribution in [3.63, 3.8) is 0 Å². The van der Waals surface area contributed by atoms with Crippen LogP contribution in [0, 0.1) is 6.92 Å². The van der Waals surface area contributed by atoms with E-state index in [1.807, 2.05) is 19.1 Å². The van der Waals surface area contributed by atoms with Crippen molar-refractivity contribution in [3.05, 3.63) is 63.8 Å². The fraction of sp³-hybridized carbons (Fsp3) is 0.484. The summed E-state index contributed by atoms with van der Waals surface area (Å²) >= 11 is 6.51. The van der Waals surface area contributed by atoms with Crippen molar-refractivity contribution >= 4 is 47.2 Å². The van der Waals surface area contributed by atoms with E-state index in [1.54, 1.807) is 33.4 Å². The lowest BCUT2D eigenvalue weighted by Gasteiger charge is -2.26. The van der Waals surface area contributed by atoms with Crippen LogP contribution in [0.1, 0.15) is 61.8 Å². The Morgan fingerprint density at radius 3 is 2.42 bits per heavy atom. The van der Waals surface area contributed by atoms with Gasteiger partial charge < -0.3 is 25.2 Å². The predicted molar refractivity (Wildman–Crippen MR) is 167 cm³/mol. The average molecular weight is 582 g/mol. The smallest absolute Gasteiger partial charge is 0.229 e. The quantitative estimate of drug-likeness (QED) is 0.210. The molecule has 2 heterocycles. The molecule has 1 fully saturated rings. The zero-order valence-electron chi connectivity index (χ0n) is 24.2. The number of halogens is 1. The minimum Gasteiger partial charge on any atom is -0.386 e. The number of aryl methyl sites for hydroxylation is 2. The third-order valence-electron chi connectivity index (χ3n) is 8.24. The first-order valence-corrected chi connectivity index (χ1v) is 17.2. The number of aromatic nitrogens is 2. The number of fused-ring (bicyclic) bond motifs is 1. The molecule has 0 amide bonds. The molecule has 0 unspecified atom stereocenters. The normalized spacial score (nSPS) is 18.3. The highest BCUT2D eigenvalue weighted by Crippen LogP contribution is 2.42. The van der Waals surface area contributed by atoms with Gasteiger partial charge in [0.1, 0.15) is 12.2 Å². The number of aliphatic hydroxyl groups is 1. The lowest BCUT2D eigenvalue weighted by molar-refractivity contribution is 0.0780. The molecular weight excluding hydrogens is 541 g/mol. The standard InChI is InChI=1S/C31H41ClN5O2P/c1-20-25(31(2,3)38)14-15-27(28(20)40(4,5)39)35-29-26(32)19-33-30(36-29)34-23-11-8-21-9-12-24(13-10-22(21)18-23)37-16-6-7-17-37/h8,11,14-15,18-19,24,38H,6-7,9-10,12-13,16-17H2,1-5H3,(H2,33,34,35,36)/t24-/m0/s1. The van der Waals surface area contributed by atoms with Crippen LogP contribution < -0.4 is 15.9 Å². The maximum atomic E-state index is 13.4. The number of nitrogens with zero attached hydrogens (tertiary/aromatic N) is 3. The lowest BCUT2D eigenvalue weighted by Crippen LogP contribution is -2.32. The van der Waals surface area contributed by atoms with E-state index in [0.29, 0.717) is 33.8 Å². The number of rotatable bonds is 7. The number of hydrogen-bond donors (Lipinski definition) is 3. The lowest BCUT2D eigenvalue weighted by atomic mass is 9.93. The van der Waals surface area contributed by atoms with Crippen LogP contribution in [-0.2, 0) is 23.0 Å². The summed E-state index contributed by atoms with van der Waals surface area (Å²) in [6.45, 7) is 11.3. The zero-order valence-corrected chi connectivity index (χ0v) is 25.9. The van der Waals surface area contributed by atoms with Crippen molar-refractivity contribution in [2.24, 2.45) is 0 Å². The highest BCUT2D eigenvalue weighted by molar-refractivity contribution is 7.70. The monoisotopic (exact) mass is 581 g/mol. The zero-order chi connectivity index (χ0) is 28.7. The van der Waals surface area contributed by atoms with Gasteiger partial charge >= 0.3 is 0 Å². The highest BCUT2D eigenvalue weighted by atomic mass is 35.5. The summed E-state index contributed by atoms with van der Waals surface area (Å²) in [6, 6.07) is 10.9. The molecule has 5 rings (SSSR count). The van der Waals surface area contributed by atoms with Gasteiger partial charge in [0.2, 0.25) is 5.95 Å². The molecule has 3 N–H and O–H groups in total. The molecule has 40 heavy (non-hydrogen) atoms. The van der Waals surface area contributed by atoms with Gasteiger partial charge in [-0.15, -0.1) is 0 Å². The van der Waals surface area contributed by atoms with Crippen LogP contribution in [0.2, 0.25) is 5.02 Å². The summed E-state index contributed by atoms with van der Waals surface area (Å²) in [5.74, 6) is 0.852. The van der Waals surface area contributed by atoms with Crippen molar-refractivity contribution in [3.8, 4) is 0 Å². The molecular formula is C31H41ClN5O2P. The van der Waals surface area contributed by atoms with E-state index in [2.05, 4.69) is 43.7 Å². The molecule has 9 heteroatoms. The molecule has 2 aliphatic rings. The van der Waals surface area contributed by atoms with Gasteiger partial charge in [0.25, 0.3) is 0 Å². The van der Waals surface area contributed by atoms with E-state index in [0.717, 1.165) is 29.7 Å². The topological polar surface area (TPSA) is 90.4 Å². The van der Waals surface area contributed by atoms with Crippen LogP contribution in [-0.4, -0.2) is 52.4 Å². The van der Waals surface area contributed by atoms with Gasteiger partial charge in [-0.05, 0) is 126 Å². The van der Waals surface area contributed by atoms with Crippen molar-refractivity contribution in [2.45, 2.75) is 70.9 Å². The number of hydrogen-bond acceptors (Lipinski definition) is 7. The second-order valence-corrected chi connectivity index (χ2v) is 15.7. The first-order chi connectivity index (χ1) is 18.9. The molecule has 1 atom stereocenters. The molecule has 0 radical (unpaired) electrons. The summed E-state index contributed by atoms with van der Waals surface area (Å²) in [4.78, 5) is 11.8. The minimum atomic E-state index is -2.71. The van der Waals surface area contributed by atoms with E-state index >= 15 is 0 Å². The summed E-state index contributed by atoms with van der Waals surface area (Å²) in [6.07, 6.45) is 8.87. The third kappa shape index (κ3) is 6.38. The second kappa shape index (κ2) is 11.4. The maximum absolute atomic E-state index is 13.4. The number of benzene rings is 2. The van der Waals surface area contributed by atoms with Gasteiger partial charge in [0.15, 0.2) is 5.82 Å². The highest BCUT2D eigenvalue weighted by Gasteiger charge is 2.27. The van der Waals surface area contributed by atoms with E-state index in [9.17, 15) is 9.67 Å². The third-order valence-corrected chi connectivity index (χ3v) is 10.2. The van der Waals surface area contributed by atoms with E-state index in [1.165, 1.54) is 49.9 Å². The first kappa shape index (κ1) is 29.1. The predicted octanol–water partition coefficient (Wildman–Crippen LogP) is 6.74. The molecule has 0 spiro atoms. The van der Waals surface area contributed by atoms with Crippen LogP contribution in [0.15, 0.2) is 36.5 Å². The van der Waals surface area contributed by atoms with Crippen LogP contribution in [0.25, 0.3) is 0 Å². The SMILES string of the molecule is Cc1c(C(C)(C)O)ccc(Nc2nc(Nc3ccc4c(c3)CC[C@@H](N3CCCC3)CC4)ncc2Cl)c1P(C)(C)=O. The summed E-state index contributed by atoms with van der Waals surface area (Å²) in [5.41, 5.74) is 4.92. The fourth-order valence-corrected chi connectivity index (χ4v) is 8.15. The molecule has 0 bridgehead atoms. The van der Waals surface area contributed by atoms with Gasteiger partial charge in [-0.3, -0.25) is 0 Å². The van der Waals surface area contributed by atoms with Crippen molar-refractivity contribution in [2.75, 3.05) is 37.1 Å². The number of anilines is 4. The van der Waals surface area contributed by atoms with E-state index in [4.69, 9.17) is 11.6 Å². The molecule has 0 saturated carbocycles. The Kier molecular flexibility index (Phi) is 8.32. The molecule has 1 aliphatic heterocycles. The Morgan fingerprint density at radius 2 is 1.75 bits per heavy atom. The molecule has 7 nitrogen and oxygen atoms in total. The first-order valence-electron chi connectivity index (χ1n) is 14.2. The Bertz CT molecular complexity index is 1440. The van der Waals surface area contributed by atoms with Gasteiger partial charge in [-0.2, -0.15) is 4.98 Å². The Balaban J connectivity index is 1.37.